The molecule has 0 saturated heterocycles. The zero-order valence-corrected chi connectivity index (χ0v) is 8.26. The smallest absolute Gasteiger partial charge is 0.160 e. The second kappa shape index (κ2) is 5.56. The molecule has 0 amide bonds. The molecule has 0 spiro atoms. The fraction of sp³-hybridized carbons (Fsp3) is 1.00. The average molecular weight is 160 g/mol. The van der Waals surface area contributed by atoms with Gasteiger partial charge >= 0.3 is 0 Å². The summed E-state index contributed by atoms with van der Waals surface area (Å²) >= 11 is 0. The van der Waals surface area contributed by atoms with Crippen LogP contribution in [0.3, 0.4) is 0 Å². The first kappa shape index (κ1) is 10.9. The first-order valence-electron chi connectivity index (χ1n) is 4.35. The Labute approximate surface area is 69.9 Å². The van der Waals surface area contributed by atoms with Crippen LogP contribution in [0.1, 0.15) is 34.6 Å². The summed E-state index contributed by atoms with van der Waals surface area (Å²) in [5.41, 5.74) is 0. The van der Waals surface area contributed by atoms with Gasteiger partial charge in [0.25, 0.3) is 0 Å². The number of ether oxygens (including phenoxy) is 2. The van der Waals surface area contributed by atoms with Crippen molar-refractivity contribution in [2.45, 2.75) is 47.0 Å². The molecule has 11 heavy (non-hydrogen) atoms. The molecule has 0 bridgehead atoms. The molecule has 68 valence electrons. The Morgan fingerprint density at radius 1 is 1.09 bits per heavy atom. The molecule has 1 atom stereocenters. The van der Waals surface area contributed by atoms with E-state index in [4.69, 9.17) is 9.47 Å². The van der Waals surface area contributed by atoms with Crippen molar-refractivity contribution in [1.82, 2.24) is 0 Å². The molecule has 1 unspecified atom stereocenters. The van der Waals surface area contributed by atoms with Gasteiger partial charge in [-0.05, 0) is 20.8 Å². The molecule has 0 radical (unpaired) electrons. The summed E-state index contributed by atoms with van der Waals surface area (Å²) in [7, 11) is 0. The van der Waals surface area contributed by atoms with Gasteiger partial charge in [-0.1, -0.05) is 13.8 Å². The third kappa shape index (κ3) is 5.22. The quantitative estimate of drug-likeness (QED) is 0.575. The summed E-state index contributed by atoms with van der Waals surface area (Å²) in [5.74, 6) is 0.428. The van der Waals surface area contributed by atoms with Crippen LogP contribution in [-0.4, -0.2) is 19.0 Å². The van der Waals surface area contributed by atoms with Gasteiger partial charge in [0.15, 0.2) is 6.29 Å². The molecule has 2 nitrogen and oxygen atoms in total. The van der Waals surface area contributed by atoms with Gasteiger partial charge in [-0.15, -0.1) is 0 Å². The molecule has 0 fully saturated rings. The Balaban J connectivity index is 3.69. The summed E-state index contributed by atoms with van der Waals surface area (Å²) in [6, 6.07) is 0. The van der Waals surface area contributed by atoms with Crippen molar-refractivity contribution in [2.24, 2.45) is 5.92 Å². The van der Waals surface area contributed by atoms with E-state index >= 15 is 0 Å². The largest absolute Gasteiger partial charge is 0.353 e. The van der Waals surface area contributed by atoms with Crippen LogP contribution < -0.4 is 0 Å². The lowest BCUT2D eigenvalue weighted by molar-refractivity contribution is -0.182. The highest BCUT2D eigenvalue weighted by atomic mass is 16.7. The topological polar surface area (TPSA) is 18.5 Å². The van der Waals surface area contributed by atoms with Crippen molar-refractivity contribution in [3.63, 3.8) is 0 Å². The van der Waals surface area contributed by atoms with Gasteiger partial charge in [0.05, 0.1) is 6.10 Å². The van der Waals surface area contributed by atoms with Crippen molar-refractivity contribution < 1.29 is 9.47 Å². The van der Waals surface area contributed by atoms with Gasteiger partial charge in [0.2, 0.25) is 0 Å². The van der Waals surface area contributed by atoms with Crippen LogP contribution in [0.2, 0.25) is 0 Å². The van der Waals surface area contributed by atoms with Gasteiger partial charge in [0, 0.05) is 12.5 Å². The fourth-order valence-corrected chi connectivity index (χ4v) is 0.821. The zero-order chi connectivity index (χ0) is 8.85. The molecule has 0 saturated carbocycles. The van der Waals surface area contributed by atoms with Crippen molar-refractivity contribution in [3.8, 4) is 0 Å². The fourth-order valence-electron chi connectivity index (χ4n) is 0.821. The van der Waals surface area contributed by atoms with Gasteiger partial charge in [-0.25, -0.2) is 0 Å². The lowest BCUT2D eigenvalue weighted by Gasteiger charge is -2.23. The maximum Gasteiger partial charge on any atom is 0.160 e. The van der Waals surface area contributed by atoms with E-state index in [9.17, 15) is 0 Å². The monoisotopic (exact) mass is 160 g/mol. The molecule has 0 aromatic carbocycles. The van der Waals surface area contributed by atoms with Crippen LogP contribution in [0.15, 0.2) is 0 Å². The van der Waals surface area contributed by atoms with Crippen LogP contribution in [-0.2, 0) is 9.47 Å². The molecular weight excluding hydrogens is 140 g/mol. The molecular formula is C9H20O2. The van der Waals surface area contributed by atoms with E-state index in [1.165, 1.54) is 0 Å². The zero-order valence-electron chi connectivity index (χ0n) is 8.26. The van der Waals surface area contributed by atoms with Crippen LogP contribution in [0, 0.1) is 5.92 Å². The van der Waals surface area contributed by atoms with E-state index in [0.29, 0.717) is 5.92 Å². The standard InChI is InChI=1S/C9H20O2/c1-6-10-9(7(2)3)11-8(4)5/h7-9H,6H2,1-5H3. The summed E-state index contributed by atoms with van der Waals surface area (Å²) < 4.78 is 10.9. The Bertz CT molecular complexity index is 89.6. The molecule has 2 heteroatoms. The van der Waals surface area contributed by atoms with E-state index in [0.717, 1.165) is 6.61 Å². The number of hydrogen-bond acceptors (Lipinski definition) is 2. The predicted octanol–water partition coefficient (Wildman–Crippen LogP) is 2.43. The third-order valence-electron chi connectivity index (χ3n) is 1.28. The molecule has 0 rings (SSSR count). The molecule has 0 aromatic heterocycles. The van der Waals surface area contributed by atoms with Gasteiger partial charge in [-0.3, -0.25) is 0 Å². The molecule has 0 aliphatic rings. The van der Waals surface area contributed by atoms with E-state index in [2.05, 4.69) is 13.8 Å². The highest BCUT2D eigenvalue weighted by molar-refractivity contribution is 4.51. The molecule has 0 aliphatic heterocycles. The van der Waals surface area contributed by atoms with E-state index in [1.54, 1.807) is 0 Å². The normalized spacial score (nSPS) is 14.5. The van der Waals surface area contributed by atoms with Crippen LogP contribution in [0.25, 0.3) is 0 Å². The molecule has 0 N–H and O–H groups in total. The Hall–Kier alpha value is -0.0800. The Morgan fingerprint density at radius 3 is 1.91 bits per heavy atom. The first-order valence-corrected chi connectivity index (χ1v) is 4.35. The highest BCUT2D eigenvalue weighted by Crippen LogP contribution is 2.10. The highest BCUT2D eigenvalue weighted by Gasteiger charge is 2.14. The summed E-state index contributed by atoms with van der Waals surface area (Å²) in [6.07, 6.45) is 0.203. The SMILES string of the molecule is CCOC(OC(C)C)C(C)C. The Kier molecular flexibility index (Phi) is 5.51. The lowest BCUT2D eigenvalue weighted by Crippen LogP contribution is -2.26. The maximum absolute atomic E-state index is 5.53. The van der Waals surface area contributed by atoms with Gasteiger partial charge in [0.1, 0.15) is 0 Å². The minimum absolute atomic E-state index is 0.0417. The van der Waals surface area contributed by atoms with E-state index in [1.807, 2.05) is 20.8 Å². The third-order valence-corrected chi connectivity index (χ3v) is 1.28. The summed E-state index contributed by atoms with van der Waals surface area (Å²) in [5, 5.41) is 0. The van der Waals surface area contributed by atoms with Gasteiger partial charge < -0.3 is 9.47 Å². The first-order chi connectivity index (χ1) is 5.07. The molecule has 0 heterocycles. The minimum Gasteiger partial charge on any atom is -0.353 e. The van der Waals surface area contributed by atoms with Crippen molar-refractivity contribution >= 4 is 0 Å². The average Bonchev–Trinajstić information content (AvgIpc) is 1.86. The number of hydrogen-bond donors (Lipinski definition) is 0. The second-order valence-corrected chi connectivity index (χ2v) is 3.25. The van der Waals surface area contributed by atoms with Crippen LogP contribution >= 0.6 is 0 Å². The van der Waals surface area contributed by atoms with Crippen molar-refractivity contribution in [3.05, 3.63) is 0 Å². The van der Waals surface area contributed by atoms with Crippen molar-refractivity contribution in [2.75, 3.05) is 6.61 Å². The second-order valence-electron chi connectivity index (χ2n) is 3.25. The van der Waals surface area contributed by atoms with Crippen molar-refractivity contribution in [1.29, 1.82) is 0 Å². The van der Waals surface area contributed by atoms with Crippen LogP contribution in [0.4, 0.5) is 0 Å². The summed E-state index contributed by atoms with van der Waals surface area (Å²) in [6.45, 7) is 10.9. The number of rotatable bonds is 5. The lowest BCUT2D eigenvalue weighted by atomic mass is 10.2. The summed E-state index contributed by atoms with van der Waals surface area (Å²) in [4.78, 5) is 0. The minimum atomic E-state index is -0.0417. The van der Waals surface area contributed by atoms with Crippen LogP contribution in [0.5, 0.6) is 0 Å². The maximum atomic E-state index is 5.53. The van der Waals surface area contributed by atoms with Gasteiger partial charge in [-0.2, -0.15) is 0 Å². The van der Waals surface area contributed by atoms with E-state index < -0.39 is 0 Å². The molecule has 0 aromatic rings. The Morgan fingerprint density at radius 2 is 1.64 bits per heavy atom. The van der Waals surface area contributed by atoms with E-state index in [-0.39, 0.29) is 12.4 Å². The predicted molar refractivity (Wildman–Crippen MR) is 46.5 cm³/mol. The molecule has 0 aliphatic carbocycles.